The molecule has 0 saturated carbocycles. The number of nitrogens with zero attached hydrogens (tertiary/aromatic N) is 1. The highest BCUT2D eigenvalue weighted by molar-refractivity contribution is 9.10. The predicted octanol–water partition coefficient (Wildman–Crippen LogP) is 2.30. The highest BCUT2D eigenvalue weighted by Crippen LogP contribution is 2.17. The van der Waals surface area contributed by atoms with Crippen LogP contribution in [0.4, 0.5) is 0 Å². The van der Waals surface area contributed by atoms with Gasteiger partial charge >= 0.3 is 0 Å². The first-order valence-corrected chi connectivity index (χ1v) is 7.75. The van der Waals surface area contributed by atoms with E-state index in [1.165, 1.54) is 0 Å². The van der Waals surface area contributed by atoms with E-state index in [1.54, 1.807) is 0 Å². The molecule has 0 bridgehead atoms. The van der Waals surface area contributed by atoms with Crippen molar-refractivity contribution < 1.29 is 14.6 Å². The second kappa shape index (κ2) is 7.41. The van der Waals surface area contributed by atoms with E-state index in [0.717, 1.165) is 23.4 Å². The number of benzene rings is 1. The van der Waals surface area contributed by atoms with E-state index in [0.29, 0.717) is 25.2 Å². The summed E-state index contributed by atoms with van der Waals surface area (Å²) >= 11 is 3.38. The zero-order chi connectivity index (χ0) is 14.5. The molecule has 1 aliphatic rings. The molecule has 1 saturated heterocycles. The van der Waals surface area contributed by atoms with Crippen molar-refractivity contribution in [1.82, 2.24) is 4.90 Å². The van der Waals surface area contributed by atoms with Crippen LogP contribution in [0.25, 0.3) is 0 Å². The number of hydrogen-bond donors (Lipinski definition) is 1. The molecule has 3 atom stereocenters. The van der Waals surface area contributed by atoms with Crippen molar-refractivity contribution in [3.05, 3.63) is 28.7 Å². The zero-order valence-electron chi connectivity index (χ0n) is 12.0. The molecule has 1 heterocycles. The minimum Gasteiger partial charge on any atom is -0.491 e. The summed E-state index contributed by atoms with van der Waals surface area (Å²) in [5.41, 5.74) is 0. The molecule has 3 unspecified atom stereocenters. The number of ether oxygens (including phenoxy) is 2. The van der Waals surface area contributed by atoms with E-state index in [1.807, 2.05) is 24.3 Å². The van der Waals surface area contributed by atoms with Crippen molar-refractivity contribution in [3.63, 3.8) is 0 Å². The molecule has 5 heteroatoms. The average molecular weight is 344 g/mol. The number of hydrogen-bond acceptors (Lipinski definition) is 4. The van der Waals surface area contributed by atoms with Crippen LogP contribution in [0.1, 0.15) is 13.8 Å². The van der Waals surface area contributed by atoms with Crippen molar-refractivity contribution >= 4 is 15.9 Å². The Labute approximate surface area is 128 Å². The van der Waals surface area contributed by atoms with E-state index in [2.05, 4.69) is 34.7 Å². The summed E-state index contributed by atoms with van der Waals surface area (Å²) < 4.78 is 12.1. The third-order valence-electron chi connectivity index (χ3n) is 3.53. The van der Waals surface area contributed by atoms with E-state index in [9.17, 15) is 5.11 Å². The van der Waals surface area contributed by atoms with Gasteiger partial charge in [0.25, 0.3) is 0 Å². The Balaban J connectivity index is 1.79. The van der Waals surface area contributed by atoms with Crippen molar-refractivity contribution in [2.75, 3.05) is 26.4 Å². The highest BCUT2D eigenvalue weighted by Gasteiger charge is 2.27. The monoisotopic (exact) mass is 343 g/mol. The predicted molar refractivity (Wildman–Crippen MR) is 82.1 cm³/mol. The largest absolute Gasteiger partial charge is 0.491 e. The van der Waals surface area contributed by atoms with Gasteiger partial charge in [0.2, 0.25) is 0 Å². The molecule has 112 valence electrons. The summed E-state index contributed by atoms with van der Waals surface area (Å²) in [6, 6.07) is 8.29. The Morgan fingerprint density at radius 3 is 2.50 bits per heavy atom. The molecule has 0 amide bonds. The number of morpholine rings is 1. The van der Waals surface area contributed by atoms with Crippen LogP contribution in [-0.4, -0.2) is 54.6 Å². The van der Waals surface area contributed by atoms with E-state index < -0.39 is 6.10 Å². The van der Waals surface area contributed by atoms with Gasteiger partial charge < -0.3 is 14.6 Å². The molecule has 1 N–H and O–H groups in total. The lowest BCUT2D eigenvalue weighted by atomic mass is 10.1. The lowest BCUT2D eigenvalue weighted by Gasteiger charge is -2.39. The van der Waals surface area contributed by atoms with Crippen LogP contribution in [0.5, 0.6) is 5.75 Å². The van der Waals surface area contributed by atoms with Gasteiger partial charge in [0.1, 0.15) is 18.5 Å². The van der Waals surface area contributed by atoms with Crippen LogP contribution < -0.4 is 4.74 Å². The molecule has 0 spiro atoms. The average Bonchev–Trinajstić information content (AvgIpc) is 2.42. The molecule has 1 fully saturated rings. The number of halogens is 1. The fourth-order valence-corrected chi connectivity index (χ4v) is 2.68. The molecule has 0 aromatic heterocycles. The van der Waals surface area contributed by atoms with Crippen LogP contribution in [0.15, 0.2) is 28.7 Å². The Morgan fingerprint density at radius 1 is 1.30 bits per heavy atom. The molecular formula is C15H22BrNO3. The first-order valence-electron chi connectivity index (χ1n) is 6.96. The SMILES string of the molecule is CC1COCC(C)N1CC(O)COc1ccc(Br)cc1. The molecule has 1 aliphatic heterocycles. The minimum atomic E-state index is -0.498. The second-order valence-electron chi connectivity index (χ2n) is 5.35. The summed E-state index contributed by atoms with van der Waals surface area (Å²) in [4.78, 5) is 2.28. The van der Waals surface area contributed by atoms with Gasteiger partial charge in [-0.15, -0.1) is 0 Å². The molecule has 0 aliphatic carbocycles. The van der Waals surface area contributed by atoms with Crippen molar-refractivity contribution in [2.45, 2.75) is 32.0 Å². The van der Waals surface area contributed by atoms with Gasteiger partial charge in [0, 0.05) is 23.1 Å². The van der Waals surface area contributed by atoms with Gasteiger partial charge in [-0.1, -0.05) is 15.9 Å². The van der Waals surface area contributed by atoms with Crippen LogP contribution in [-0.2, 0) is 4.74 Å². The Morgan fingerprint density at radius 2 is 1.90 bits per heavy atom. The minimum absolute atomic E-state index is 0.304. The standard InChI is InChI=1S/C15H22BrNO3/c1-11-8-19-9-12(2)17(11)7-14(18)10-20-15-5-3-13(16)4-6-15/h3-6,11-12,14,18H,7-10H2,1-2H3. The second-order valence-corrected chi connectivity index (χ2v) is 6.27. The van der Waals surface area contributed by atoms with Crippen LogP contribution in [0, 0.1) is 0 Å². The molecule has 2 rings (SSSR count). The van der Waals surface area contributed by atoms with Gasteiger partial charge in [0.15, 0.2) is 0 Å². The van der Waals surface area contributed by atoms with Gasteiger partial charge in [-0.25, -0.2) is 0 Å². The third kappa shape index (κ3) is 4.45. The van der Waals surface area contributed by atoms with Gasteiger partial charge in [-0.2, -0.15) is 0 Å². The molecule has 4 nitrogen and oxygen atoms in total. The summed E-state index contributed by atoms with van der Waals surface area (Å²) in [5.74, 6) is 0.773. The number of aliphatic hydroxyl groups is 1. The van der Waals surface area contributed by atoms with Gasteiger partial charge in [-0.3, -0.25) is 4.90 Å². The highest BCUT2D eigenvalue weighted by atomic mass is 79.9. The molecule has 0 radical (unpaired) electrons. The van der Waals surface area contributed by atoms with Crippen LogP contribution in [0.2, 0.25) is 0 Å². The van der Waals surface area contributed by atoms with Gasteiger partial charge in [-0.05, 0) is 38.1 Å². The lowest BCUT2D eigenvalue weighted by Crippen LogP contribution is -2.52. The van der Waals surface area contributed by atoms with E-state index in [4.69, 9.17) is 9.47 Å². The topological polar surface area (TPSA) is 41.9 Å². The van der Waals surface area contributed by atoms with Crippen LogP contribution in [0.3, 0.4) is 0 Å². The normalized spacial score (nSPS) is 25.4. The Kier molecular flexibility index (Phi) is 5.84. The molecule has 20 heavy (non-hydrogen) atoms. The lowest BCUT2D eigenvalue weighted by molar-refractivity contribution is -0.0579. The van der Waals surface area contributed by atoms with Crippen molar-refractivity contribution in [1.29, 1.82) is 0 Å². The maximum absolute atomic E-state index is 10.1. The smallest absolute Gasteiger partial charge is 0.119 e. The summed E-state index contributed by atoms with van der Waals surface area (Å²) in [6.45, 7) is 6.62. The fraction of sp³-hybridized carbons (Fsp3) is 0.600. The molecule has 1 aromatic rings. The third-order valence-corrected chi connectivity index (χ3v) is 4.06. The van der Waals surface area contributed by atoms with E-state index >= 15 is 0 Å². The van der Waals surface area contributed by atoms with Gasteiger partial charge in [0.05, 0.1) is 13.2 Å². The molecular weight excluding hydrogens is 322 g/mol. The van der Waals surface area contributed by atoms with Crippen molar-refractivity contribution in [3.8, 4) is 5.75 Å². The first kappa shape index (κ1) is 15.8. The maximum atomic E-state index is 10.1. The number of aliphatic hydroxyl groups excluding tert-OH is 1. The number of β-amino-alcohol motifs (C(OH)–C–C–N with tert-alkyl or cyclic N) is 1. The Hall–Kier alpha value is -0.620. The number of rotatable bonds is 5. The molecule has 1 aromatic carbocycles. The fourth-order valence-electron chi connectivity index (χ4n) is 2.41. The Bertz CT molecular complexity index is 402. The summed E-state index contributed by atoms with van der Waals surface area (Å²) in [6.07, 6.45) is -0.498. The maximum Gasteiger partial charge on any atom is 0.119 e. The quantitative estimate of drug-likeness (QED) is 0.890. The van der Waals surface area contributed by atoms with Crippen molar-refractivity contribution in [2.24, 2.45) is 0 Å². The first-order chi connectivity index (χ1) is 9.56. The summed E-state index contributed by atoms with van der Waals surface area (Å²) in [7, 11) is 0. The van der Waals surface area contributed by atoms with E-state index in [-0.39, 0.29) is 0 Å². The van der Waals surface area contributed by atoms with Crippen LogP contribution >= 0.6 is 15.9 Å². The zero-order valence-corrected chi connectivity index (χ0v) is 13.5. The summed E-state index contributed by atoms with van der Waals surface area (Å²) in [5, 5.41) is 10.1.